The normalized spacial score (nSPS) is 10.6. The van der Waals surface area contributed by atoms with Crippen molar-refractivity contribution in [1.29, 1.82) is 0 Å². The zero-order valence-electron chi connectivity index (χ0n) is 16.7. The fourth-order valence-electron chi connectivity index (χ4n) is 2.67. The molecule has 0 aliphatic heterocycles. The van der Waals surface area contributed by atoms with Crippen LogP contribution >= 0.6 is 0 Å². The number of esters is 2. The predicted molar refractivity (Wildman–Crippen MR) is 103 cm³/mol. The van der Waals surface area contributed by atoms with Crippen LogP contribution in [0.15, 0.2) is 0 Å². The van der Waals surface area contributed by atoms with Crippen molar-refractivity contribution in [3.8, 4) is 0 Å². The van der Waals surface area contributed by atoms with Crippen molar-refractivity contribution >= 4 is 11.9 Å². The van der Waals surface area contributed by atoms with Crippen molar-refractivity contribution in [3.63, 3.8) is 0 Å². The number of carbonyl (C=O) groups is 2. The van der Waals surface area contributed by atoms with E-state index in [1.807, 2.05) is 0 Å². The van der Waals surface area contributed by atoms with Gasteiger partial charge in [0.2, 0.25) is 0 Å². The molecule has 4 heteroatoms. The molecular formula is C21H40O4. The Kier molecular flexibility index (Phi) is 18.5. The highest BCUT2D eigenvalue weighted by atomic mass is 16.5. The first-order valence-corrected chi connectivity index (χ1v) is 10.5. The molecule has 25 heavy (non-hydrogen) atoms. The Labute approximate surface area is 155 Å². The van der Waals surface area contributed by atoms with Gasteiger partial charge in [-0.2, -0.15) is 0 Å². The summed E-state index contributed by atoms with van der Waals surface area (Å²) in [6.45, 7) is 5.09. The van der Waals surface area contributed by atoms with Gasteiger partial charge in [0.05, 0.1) is 13.2 Å². The van der Waals surface area contributed by atoms with Gasteiger partial charge in [0.25, 0.3) is 0 Å². The van der Waals surface area contributed by atoms with Crippen molar-refractivity contribution in [1.82, 2.24) is 0 Å². The quantitative estimate of drug-likeness (QED) is 0.224. The number of unbranched alkanes of at least 4 members (excludes halogenated alkanes) is 10. The van der Waals surface area contributed by atoms with E-state index in [1.54, 1.807) is 0 Å². The minimum Gasteiger partial charge on any atom is -0.466 e. The molecule has 0 unspecified atom stereocenters. The van der Waals surface area contributed by atoms with Crippen LogP contribution in [0.5, 0.6) is 0 Å². The van der Waals surface area contributed by atoms with Crippen LogP contribution < -0.4 is 0 Å². The van der Waals surface area contributed by atoms with Crippen molar-refractivity contribution < 1.29 is 19.1 Å². The van der Waals surface area contributed by atoms with E-state index < -0.39 is 0 Å². The van der Waals surface area contributed by atoms with Gasteiger partial charge in [0.1, 0.15) is 0 Å². The molecule has 0 amide bonds. The topological polar surface area (TPSA) is 52.6 Å². The Bertz CT molecular complexity index is 285. The van der Waals surface area contributed by atoms with Crippen LogP contribution in [-0.2, 0) is 19.1 Å². The van der Waals surface area contributed by atoms with E-state index in [9.17, 15) is 9.59 Å². The largest absolute Gasteiger partial charge is 0.466 e. The van der Waals surface area contributed by atoms with Gasteiger partial charge < -0.3 is 9.47 Å². The number of carbonyl (C=O) groups excluding carboxylic acids is 2. The molecule has 0 aromatic heterocycles. The maximum absolute atomic E-state index is 11.5. The van der Waals surface area contributed by atoms with Crippen LogP contribution in [0.4, 0.5) is 0 Å². The highest BCUT2D eigenvalue weighted by Crippen LogP contribution is 2.08. The standard InChI is InChI=1S/C21H40O4/c1-3-5-7-9-11-13-16-20(22)24-18-15-19-25-21(23)17-14-12-10-8-6-4-2/h3-19H2,1-2H3. The van der Waals surface area contributed by atoms with Crippen molar-refractivity contribution in [2.24, 2.45) is 0 Å². The molecular weight excluding hydrogens is 316 g/mol. The zero-order chi connectivity index (χ0) is 18.6. The molecule has 0 bridgehead atoms. The molecule has 0 rings (SSSR count). The van der Waals surface area contributed by atoms with Crippen LogP contribution in [0.3, 0.4) is 0 Å². The van der Waals surface area contributed by atoms with Crippen LogP contribution in [0.2, 0.25) is 0 Å². The van der Waals surface area contributed by atoms with Crippen molar-refractivity contribution in [2.45, 2.75) is 110 Å². The average molecular weight is 357 g/mol. The molecule has 0 N–H and O–H groups in total. The smallest absolute Gasteiger partial charge is 0.305 e. The third kappa shape index (κ3) is 19.1. The molecule has 4 nitrogen and oxygen atoms in total. The summed E-state index contributed by atoms with van der Waals surface area (Å²) in [6.07, 6.45) is 15.6. The molecule has 0 aliphatic rings. The van der Waals surface area contributed by atoms with E-state index in [4.69, 9.17) is 9.47 Å². The van der Waals surface area contributed by atoms with Crippen LogP contribution in [-0.4, -0.2) is 25.2 Å². The molecule has 0 saturated heterocycles. The second kappa shape index (κ2) is 19.3. The molecule has 0 saturated carbocycles. The lowest BCUT2D eigenvalue weighted by molar-refractivity contribution is -0.146. The van der Waals surface area contributed by atoms with E-state index in [0.717, 1.165) is 25.7 Å². The summed E-state index contributed by atoms with van der Waals surface area (Å²) in [7, 11) is 0. The van der Waals surface area contributed by atoms with E-state index >= 15 is 0 Å². The Hall–Kier alpha value is -1.06. The average Bonchev–Trinajstić information content (AvgIpc) is 2.60. The monoisotopic (exact) mass is 356 g/mol. The first-order chi connectivity index (χ1) is 12.2. The number of hydrogen-bond donors (Lipinski definition) is 0. The van der Waals surface area contributed by atoms with Gasteiger partial charge in [-0.25, -0.2) is 0 Å². The van der Waals surface area contributed by atoms with Gasteiger partial charge in [-0.1, -0.05) is 78.1 Å². The Morgan fingerprint density at radius 1 is 0.520 bits per heavy atom. The highest BCUT2D eigenvalue weighted by Gasteiger charge is 2.05. The summed E-state index contributed by atoms with van der Waals surface area (Å²) in [5, 5.41) is 0. The summed E-state index contributed by atoms with van der Waals surface area (Å²) >= 11 is 0. The first-order valence-electron chi connectivity index (χ1n) is 10.5. The first kappa shape index (κ1) is 23.9. The SMILES string of the molecule is CCCCCCCCC(=O)OCCCOC(=O)CCCCCCCC. The number of ether oxygens (including phenoxy) is 2. The maximum Gasteiger partial charge on any atom is 0.305 e. The van der Waals surface area contributed by atoms with Gasteiger partial charge in [-0.15, -0.1) is 0 Å². The number of hydrogen-bond acceptors (Lipinski definition) is 4. The minimum atomic E-state index is -0.131. The lowest BCUT2D eigenvalue weighted by Crippen LogP contribution is -2.10. The summed E-state index contributed by atoms with van der Waals surface area (Å²) in [6, 6.07) is 0. The molecule has 0 spiro atoms. The van der Waals surface area contributed by atoms with E-state index in [2.05, 4.69) is 13.8 Å². The zero-order valence-corrected chi connectivity index (χ0v) is 16.7. The Morgan fingerprint density at radius 3 is 1.28 bits per heavy atom. The van der Waals surface area contributed by atoms with Crippen molar-refractivity contribution in [2.75, 3.05) is 13.2 Å². The fourth-order valence-corrected chi connectivity index (χ4v) is 2.67. The summed E-state index contributed by atoms with van der Waals surface area (Å²) in [5.41, 5.74) is 0. The molecule has 0 aromatic rings. The fraction of sp³-hybridized carbons (Fsp3) is 0.905. The molecule has 148 valence electrons. The summed E-state index contributed by atoms with van der Waals surface area (Å²) < 4.78 is 10.3. The van der Waals surface area contributed by atoms with Gasteiger partial charge >= 0.3 is 11.9 Å². The predicted octanol–water partition coefficient (Wildman–Crippen LogP) is 5.96. The number of rotatable bonds is 18. The van der Waals surface area contributed by atoms with Crippen molar-refractivity contribution in [3.05, 3.63) is 0 Å². The van der Waals surface area contributed by atoms with Gasteiger partial charge in [0.15, 0.2) is 0 Å². The lowest BCUT2D eigenvalue weighted by atomic mass is 10.1. The minimum absolute atomic E-state index is 0.131. The van der Waals surface area contributed by atoms with E-state index in [1.165, 1.54) is 51.4 Å². The second-order valence-electron chi connectivity index (χ2n) is 6.83. The molecule has 0 radical (unpaired) electrons. The molecule has 0 atom stereocenters. The highest BCUT2D eigenvalue weighted by molar-refractivity contribution is 5.69. The third-order valence-electron chi connectivity index (χ3n) is 4.28. The van der Waals surface area contributed by atoms with E-state index in [0.29, 0.717) is 32.5 Å². The van der Waals surface area contributed by atoms with Crippen LogP contribution in [0, 0.1) is 0 Å². The van der Waals surface area contributed by atoms with Crippen LogP contribution in [0.1, 0.15) is 110 Å². The maximum atomic E-state index is 11.5. The summed E-state index contributed by atoms with van der Waals surface area (Å²) in [4.78, 5) is 23.1. The second-order valence-corrected chi connectivity index (χ2v) is 6.83. The molecule has 0 aliphatic carbocycles. The van der Waals surface area contributed by atoms with Gasteiger partial charge in [-0.3, -0.25) is 9.59 Å². The summed E-state index contributed by atoms with van der Waals surface area (Å²) in [5.74, 6) is -0.261. The Morgan fingerprint density at radius 2 is 0.880 bits per heavy atom. The van der Waals surface area contributed by atoms with Gasteiger partial charge in [0, 0.05) is 19.3 Å². The Balaban J connectivity index is 3.30. The molecule has 0 aromatic carbocycles. The van der Waals surface area contributed by atoms with E-state index in [-0.39, 0.29) is 11.9 Å². The van der Waals surface area contributed by atoms with Gasteiger partial charge in [-0.05, 0) is 12.8 Å². The third-order valence-corrected chi connectivity index (χ3v) is 4.28. The lowest BCUT2D eigenvalue weighted by Gasteiger charge is -2.06. The van der Waals surface area contributed by atoms with Crippen LogP contribution in [0.25, 0.3) is 0 Å². The molecule has 0 heterocycles. The molecule has 0 fully saturated rings.